The Bertz CT molecular complexity index is 3600. The molecule has 28 heteroatoms. The lowest BCUT2D eigenvalue weighted by atomic mass is 10.1. The highest BCUT2D eigenvalue weighted by molar-refractivity contribution is 7.87. The molecule has 0 saturated heterocycles. The van der Waals surface area contributed by atoms with Gasteiger partial charge in [0.05, 0.1) is 38.9 Å². The number of aromatic carboxylic acids is 1. The summed E-state index contributed by atoms with van der Waals surface area (Å²) in [6.07, 6.45) is 0. The molecule has 0 atom stereocenters. The van der Waals surface area contributed by atoms with Gasteiger partial charge in [0.25, 0.3) is 40.5 Å². The van der Waals surface area contributed by atoms with Gasteiger partial charge in [-0.1, -0.05) is 18.2 Å². The molecule has 0 amide bonds. The number of aromatic nitrogens is 3. The van der Waals surface area contributed by atoms with Crippen molar-refractivity contribution in [2.24, 2.45) is 20.5 Å². The number of hydrogen-bond acceptors (Lipinski definition) is 19. The van der Waals surface area contributed by atoms with Crippen molar-refractivity contribution in [1.82, 2.24) is 15.0 Å². The highest BCUT2D eigenvalue weighted by Crippen LogP contribution is 2.35. The molecule has 7 aromatic rings. The Kier molecular flexibility index (Phi) is 12.7. The normalized spacial score (nSPS) is 12.4. The average Bonchev–Trinajstić information content (AvgIpc) is 3.24. The Hall–Kier alpha value is -7.70. The smallest absolute Gasteiger partial charge is 0.335 e. The first kappa shape index (κ1) is 46.3. The first-order chi connectivity index (χ1) is 31.0. The topological polar surface area (TPSA) is 379 Å². The van der Waals surface area contributed by atoms with E-state index < -0.39 is 66.0 Å². The molecule has 1 aromatic heterocycles. The van der Waals surface area contributed by atoms with E-state index >= 15 is 0 Å². The van der Waals surface area contributed by atoms with Crippen LogP contribution >= 0.6 is 0 Å². The molecule has 0 fully saturated rings. The lowest BCUT2D eigenvalue weighted by molar-refractivity contribution is 0.0696. The third-order valence-corrected chi connectivity index (χ3v) is 12.3. The van der Waals surface area contributed by atoms with Crippen LogP contribution in [-0.2, 0) is 40.5 Å². The number of nitrogens with one attached hydrogen (secondary N) is 3. The van der Waals surface area contributed by atoms with E-state index in [9.17, 15) is 61.8 Å². The molecule has 1 heterocycles. The van der Waals surface area contributed by atoms with E-state index in [-0.39, 0.29) is 68.3 Å². The third-order valence-electron chi connectivity index (χ3n) is 8.77. The summed E-state index contributed by atoms with van der Waals surface area (Å²) < 4.78 is 135. The Morgan fingerprint density at radius 1 is 0.439 bits per heavy atom. The summed E-state index contributed by atoms with van der Waals surface area (Å²) in [5, 5.41) is 33.4. The number of fused-ring (bicyclic) bond motifs is 1. The molecule has 6 aromatic carbocycles. The van der Waals surface area contributed by atoms with Crippen molar-refractivity contribution in [3.05, 3.63) is 127 Å². The van der Waals surface area contributed by atoms with Gasteiger partial charge in [-0.15, -0.1) is 0 Å². The van der Waals surface area contributed by atoms with E-state index in [1.54, 1.807) is 0 Å². The molecule has 0 bridgehead atoms. The van der Waals surface area contributed by atoms with E-state index in [2.05, 4.69) is 51.4 Å². The summed E-state index contributed by atoms with van der Waals surface area (Å²) in [7, 11) is -19.2. The minimum Gasteiger partial charge on any atom is -0.478 e. The van der Waals surface area contributed by atoms with Crippen molar-refractivity contribution in [2.75, 3.05) is 16.0 Å². The van der Waals surface area contributed by atoms with Gasteiger partial charge in [0.2, 0.25) is 17.8 Å². The van der Waals surface area contributed by atoms with Crippen molar-refractivity contribution in [1.29, 1.82) is 0 Å². The maximum Gasteiger partial charge on any atom is 0.335 e. The summed E-state index contributed by atoms with van der Waals surface area (Å²) in [4.78, 5) is 22.1. The fourth-order valence-corrected chi connectivity index (χ4v) is 8.44. The molecule has 0 unspecified atom stereocenters. The van der Waals surface area contributed by atoms with Crippen LogP contribution in [0, 0.1) is 0 Å². The van der Waals surface area contributed by atoms with Gasteiger partial charge in [0, 0.05) is 22.1 Å². The zero-order chi connectivity index (χ0) is 47.6. The lowest BCUT2D eigenvalue weighted by Gasteiger charge is -2.13. The fraction of sp³-hybridized carbons (Fsp3) is 0. The van der Waals surface area contributed by atoms with E-state index in [0.717, 1.165) is 36.4 Å². The SMILES string of the molecule is O=C(O)c1cccc(Nc2nc(Nc3ccc(N=Nc4cc(S(=O)(=O)O)c5cccc(S(=O)(=O)O)c5c4)cc3)nc(Nc3ccc(N=Nc4ccc(S(=O)(=O)O)cc4)cc3S(=O)(=O)O)n2)c1. The molecule has 66 heavy (non-hydrogen) atoms. The summed E-state index contributed by atoms with van der Waals surface area (Å²) in [5.41, 5.74) is 0.287. The summed E-state index contributed by atoms with van der Waals surface area (Å²) in [6, 6.07) is 25.1. The predicted molar refractivity (Wildman–Crippen MR) is 234 cm³/mol. The molecule has 24 nitrogen and oxygen atoms in total. The van der Waals surface area contributed by atoms with Crippen LogP contribution in [0.1, 0.15) is 10.4 Å². The summed E-state index contributed by atoms with van der Waals surface area (Å²) in [6.45, 7) is 0. The highest BCUT2D eigenvalue weighted by Gasteiger charge is 2.22. The second-order valence-electron chi connectivity index (χ2n) is 13.4. The van der Waals surface area contributed by atoms with Gasteiger partial charge in [-0.05, 0) is 103 Å². The van der Waals surface area contributed by atoms with Crippen LogP contribution in [0.5, 0.6) is 0 Å². The monoisotopic (exact) mass is 976 g/mol. The Morgan fingerprint density at radius 3 is 1.52 bits per heavy atom. The number of rotatable bonds is 15. The Morgan fingerprint density at radius 2 is 0.939 bits per heavy atom. The number of hydrogen-bond donors (Lipinski definition) is 8. The van der Waals surface area contributed by atoms with Crippen LogP contribution in [0.4, 0.5) is 57.7 Å². The molecular weight excluding hydrogens is 949 g/mol. The average molecular weight is 977 g/mol. The van der Waals surface area contributed by atoms with Crippen LogP contribution in [0.3, 0.4) is 0 Å². The van der Waals surface area contributed by atoms with E-state index in [1.807, 2.05) is 0 Å². The van der Waals surface area contributed by atoms with Crippen LogP contribution in [0.15, 0.2) is 161 Å². The number of carbonyl (C=O) groups is 1. The number of carboxylic acids is 1. The fourth-order valence-electron chi connectivity index (χ4n) is 5.87. The van der Waals surface area contributed by atoms with Gasteiger partial charge in [-0.25, -0.2) is 4.79 Å². The number of anilines is 6. The second kappa shape index (κ2) is 18.1. The largest absolute Gasteiger partial charge is 0.478 e. The van der Waals surface area contributed by atoms with E-state index in [1.165, 1.54) is 84.9 Å². The maximum atomic E-state index is 12.6. The van der Waals surface area contributed by atoms with E-state index in [4.69, 9.17) is 0 Å². The van der Waals surface area contributed by atoms with Crippen molar-refractivity contribution < 1.29 is 61.8 Å². The first-order valence-corrected chi connectivity index (χ1v) is 23.8. The van der Waals surface area contributed by atoms with Crippen LogP contribution < -0.4 is 16.0 Å². The second-order valence-corrected chi connectivity index (χ2v) is 19.0. The predicted octanol–water partition coefficient (Wildman–Crippen LogP) is 7.77. The first-order valence-electron chi connectivity index (χ1n) is 18.0. The van der Waals surface area contributed by atoms with Crippen LogP contribution in [0.25, 0.3) is 10.8 Å². The quantitative estimate of drug-likeness (QED) is 0.0359. The maximum absolute atomic E-state index is 12.6. The van der Waals surface area contributed by atoms with Crippen molar-refractivity contribution in [3.63, 3.8) is 0 Å². The van der Waals surface area contributed by atoms with Gasteiger partial charge in [0.15, 0.2) is 0 Å². The van der Waals surface area contributed by atoms with Gasteiger partial charge in [-0.3, -0.25) is 18.2 Å². The molecule has 7 rings (SSSR count). The van der Waals surface area contributed by atoms with Gasteiger partial charge in [0.1, 0.15) is 14.7 Å². The third kappa shape index (κ3) is 11.3. The Balaban J connectivity index is 1.18. The summed E-state index contributed by atoms with van der Waals surface area (Å²) >= 11 is 0. The number of azo groups is 2. The minimum absolute atomic E-state index is 0.0694. The molecular formula is C38H28N10O14S4. The zero-order valence-corrected chi connectivity index (χ0v) is 36.0. The number of carboxylic acid groups (broad SMARTS) is 1. The molecule has 0 saturated carbocycles. The molecule has 0 aliphatic heterocycles. The molecule has 0 aliphatic rings. The molecule has 0 radical (unpaired) electrons. The van der Waals surface area contributed by atoms with E-state index in [0.29, 0.717) is 5.69 Å². The standard InChI is InChI=1S/C38H28N10O14S4/c49-35(50)21-3-1-4-25(17-21)40-37-42-36(43-38(44-37)41-31-16-13-26(19-34(31)66(60,61)62)47-45-24-11-14-28(15-12-24)63(51,52)53)39-22-7-9-23(10-8-22)46-48-27-18-30-29(33(20-27)65(57,58)59)5-2-6-32(30)64(54,55)56/h1-20H,(H,49,50)(H,51,52,53)(H,54,55,56)(H,57,58,59)(H,60,61,62)(H3,39,40,41,42,43,44). The molecule has 0 spiro atoms. The van der Waals surface area contributed by atoms with Gasteiger partial charge in [-0.2, -0.15) is 69.1 Å². The summed E-state index contributed by atoms with van der Waals surface area (Å²) in [5.74, 6) is -1.87. The van der Waals surface area contributed by atoms with Crippen LogP contribution in [0.2, 0.25) is 0 Å². The van der Waals surface area contributed by atoms with Crippen LogP contribution in [-0.4, -0.2) is 77.9 Å². The molecule has 8 N–H and O–H groups in total. The zero-order valence-electron chi connectivity index (χ0n) is 32.7. The number of benzene rings is 6. The number of nitrogens with zero attached hydrogens (tertiary/aromatic N) is 7. The highest BCUT2D eigenvalue weighted by atomic mass is 32.2. The molecule has 0 aliphatic carbocycles. The molecule has 338 valence electrons. The van der Waals surface area contributed by atoms with Crippen molar-refractivity contribution in [3.8, 4) is 0 Å². The Labute approximate surface area is 372 Å². The lowest BCUT2D eigenvalue weighted by Crippen LogP contribution is -2.09. The van der Waals surface area contributed by atoms with Gasteiger partial charge < -0.3 is 21.1 Å². The van der Waals surface area contributed by atoms with Gasteiger partial charge >= 0.3 is 5.97 Å². The van der Waals surface area contributed by atoms with Crippen molar-refractivity contribution in [2.45, 2.75) is 19.6 Å². The minimum atomic E-state index is -4.97. The van der Waals surface area contributed by atoms with Crippen molar-refractivity contribution >= 4 is 115 Å².